The van der Waals surface area contributed by atoms with Crippen LogP contribution in [-0.4, -0.2) is 58.3 Å². The van der Waals surface area contributed by atoms with Crippen LogP contribution in [0.15, 0.2) is 24.3 Å². The Morgan fingerprint density at radius 2 is 2.08 bits per heavy atom. The molecule has 0 spiro atoms. The highest BCUT2D eigenvalue weighted by atomic mass is 32.1. The number of carbonyl (C=O) groups is 1. The molecule has 1 unspecified atom stereocenters. The number of rotatable bonds is 5. The molecule has 134 valence electrons. The smallest absolute Gasteiger partial charge is 0.234 e. The van der Waals surface area contributed by atoms with Crippen molar-refractivity contribution in [3.8, 4) is 6.07 Å². The average Bonchev–Trinajstić information content (AvgIpc) is 2.54. The Kier molecular flexibility index (Phi) is 7.24. The number of piperazine rings is 1. The zero-order chi connectivity index (χ0) is 18.4. The normalized spacial score (nSPS) is 18.0. The van der Waals surface area contributed by atoms with Gasteiger partial charge in [-0.3, -0.25) is 9.69 Å². The number of thiol groups is 1. The van der Waals surface area contributed by atoms with Gasteiger partial charge in [-0.1, -0.05) is 24.4 Å². The fourth-order valence-corrected chi connectivity index (χ4v) is 3.55. The fourth-order valence-electron chi connectivity index (χ4n) is 3.05. The minimum atomic E-state index is 0.0500. The van der Waals surface area contributed by atoms with Crippen LogP contribution in [-0.2, 0) is 11.2 Å². The van der Waals surface area contributed by atoms with Crippen LogP contribution in [0.4, 0.5) is 0 Å². The summed E-state index contributed by atoms with van der Waals surface area (Å²) in [6.07, 6.45) is 0.800. The van der Waals surface area contributed by atoms with Gasteiger partial charge in [0.25, 0.3) is 0 Å². The number of benzene rings is 1. The first-order chi connectivity index (χ1) is 11.9. The molecule has 2 rings (SSSR count). The van der Waals surface area contributed by atoms with Crippen molar-refractivity contribution in [1.29, 1.82) is 5.26 Å². The Morgan fingerprint density at radius 3 is 2.64 bits per heavy atom. The van der Waals surface area contributed by atoms with E-state index >= 15 is 0 Å². The van der Waals surface area contributed by atoms with Gasteiger partial charge < -0.3 is 10.2 Å². The second-order valence-electron chi connectivity index (χ2n) is 6.60. The molecule has 1 N–H and O–H groups in total. The minimum Gasteiger partial charge on any atom is -0.353 e. The standard InChI is InChI=1S/C18H24N4OS2/c1-13(2)20-17(23)12-21-7-8-22(18(24)25)16(11-21)9-14-3-5-15(10-19)6-4-14/h3-6,13,16H,7-9,11-12H2,1-2H3,(H,20,23)(H,24,25). The van der Waals surface area contributed by atoms with E-state index < -0.39 is 0 Å². The van der Waals surface area contributed by atoms with Crippen LogP contribution in [0.2, 0.25) is 0 Å². The van der Waals surface area contributed by atoms with E-state index in [0.29, 0.717) is 16.4 Å². The van der Waals surface area contributed by atoms with E-state index in [1.807, 2.05) is 38.1 Å². The van der Waals surface area contributed by atoms with Gasteiger partial charge >= 0.3 is 0 Å². The van der Waals surface area contributed by atoms with Gasteiger partial charge in [-0.15, -0.1) is 12.6 Å². The molecule has 0 aromatic heterocycles. The average molecular weight is 377 g/mol. The predicted octanol–water partition coefficient (Wildman–Crippen LogP) is 1.83. The van der Waals surface area contributed by atoms with E-state index in [2.05, 4.69) is 33.8 Å². The molecule has 1 amide bonds. The summed E-state index contributed by atoms with van der Waals surface area (Å²) in [6.45, 7) is 6.63. The van der Waals surface area contributed by atoms with Gasteiger partial charge in [0, 0.05) is 31.7 Å². The van der Waals surface area contributed by atoms with Crippen molar-refractivity contribution in [3.63, 3.8) is 0 Å². The zero-order valence-corrected chi connectivity index (χ0v) is 16.3. The lowest BCUT2D eigenvalue weighted by Gasteiger charge is -2.42. The van der Waals surface area contributed by atoms with Crippen molar-refractivity contribution in [1.82, 2.24) is 15.1 Å². The first-order valence-corrected chi connectivity index (χ1v) is 9.25. The van der Waals surface area contributed by atoms with E-state index in [1.165, 1.54) is 0 Å². The number of hydrogen-bond acceptors (Lipinski definition) is 4. The first-order valence-electron chi connectivity index (χ1n) is 8.39. The van der Waals surface area contributed by atoms with E-state index in [1.54, 1.807) is 0 Å². The van der Waals surface area contributed by atoms with Crippen LogP contribution in [0.1, 0.15) is 25.0 Å². The zero-order valence-electron chi connectivity index (χ0n) is 14.6. The summed E-state index contributed by atoms with van der Waals surface area (Å²) in [5.74, 6) is 0.0500. The molecular formula is C18H24N4OS2. The Balaban J connectivity index is 2.03. The highest BCUT2D eigenvalue weighted by molar-refractivity contribution is 8.10. The second kappa shape index (κ2) is 9.18. The maximum absolute atomic E-state index is 12.0. The van der Waals surface area contributed by atoms with Gasteiger partial charge in [0.15, 0.2) is 0 Å². The molecule has 0 saturated carbocycles. The number of nitriles is 1. The quantitative estimate of drug-likeness (QED) is 0.606. The molecule has 1 saturated heterocycles. The Bertz CT molecular complexity index is 654. The SMILES string of the molecule is CC(C)NC(=O)CN1CCN(C(=S)S)C(Cc2ccc(C#N)cc2)C1. The summed E-state index contributed by atoms with van der Waals surface area (Å²) in [5.41, 5.74) is 1.80. The molecule has 1 aliphatic rings. The summed E-state index contributed by atoms with van der Waals surface area (Å²) in [5, 5.41) is 11.9. The third-order valence-electron chi connectivity index (χ3n) is 4.18. The summed E-state index contributed by atoms with van der Waals surface area (Å²) >= 11 is 9.64. The molecule has 1 aromatic rings. The van der Waals surface area contributed by atoms with Crippen molar-refractivity contribution < 1.29 is 4.79 Å². The lowest BCUT2D eigenvalue weighted by Crippen LogP contribution is -2.56. The van der Waals surface area contributed by atoms with Crippen molar-refractivity contribution in [3.05, 3.63) is 35.4 Å². The summed E-state index contributed by atoms with van der Waals surface area (Å²) in [4.78, 5) is 16.3. The molecule has 1 aliphatic heterocycles. The van der Waals surface area contributed by atoms with Crippen molar-refractivity contribution in [2.45, 2.75) is 32.4 Å². The topological polar surface area (TPSA) is 59.4 Å². The van der Waals surface area contributed by atoms with E-state index in [4.69, 9.17) is 17.5 Å². The number of amides is 1. The number of thiocarbonyl (C=S) groups is 1. The van der Waals surface area contributed by atoms with Crippen molar-refractivity contribution >= 4 is 35.1 Å². The molecule has 1 heterocycles. The third kappa shape index (κ3) is 5.99. The predicted molar refractivity (Wildman–Crippen MR) is 107 cm³/mol. The molecule has 25 heavy (non-hydrogen) atoms. The third-order valence-corrected chi connectivity index (χ3v) is 4.68. The van der Waals surface area contributed by atoms with Gasteiger partial charge in [0.1, 0.15) is 4.32 Å². The van der Waals surface area contributed by atoms with Crippen LogP contribution in [0.3, 0.4) is 0 Å². The molecule has 0 bridgehead atoms. The molecule has 0 radical (unpaired) electrons. The largest absolute Gasteiger partial charge is 0.353 e. The van der Waals surface area contributed by atoms with Gasteiger partial charge in [0.05, 0.1) is 18.2 Å². The molecule has 0 aliphatic carbocycles. The molecule has 1 fully saturated rings. The van der Waals surface area contributed by atoms with Gasteiger partial charge in [-0.05, 0) is 38.0 Å². The van der Waals surface area contributed by atoms with Gasteiger partial charge in [0.2, 0.25) is 5.91 Å². The highest BCUT2D eigenvalue weighted by Gasteiger charge is 2.28. The molecule has 7 heteroatoms. The van der Waals surface area contributed by atoms with E-state index in [-0.39, 0.29) is 18.0 Å². The Morgan fingerprint density at radius 1 is 1.40 bits per heavy atom. The Hall–Kier alpha value is -1.62. The van der Waals surface area contributed by atoms with Crippen LogP contribution in [0.25, 0.3) is 0 Å². The van der Waals surface area contributed by atoms with Crippen molar-refractivity contribution in [2.75, 3.05) is 26.2 Å². The highest BCUT2D eigenvalue weighted by Crippen LogP contribution is 2.17. The molecule has 5 nitrogen and oxygen atoms in total. The molecule has 1 aromatic carbocycles. The van der Waals surface area contributed by atoms with Crippen molar-refractivity contribution in [2.24, 2.45) is 0 Å². The molecular weight excluding hydrogens is 352 g/mol. The van der Waals surface area contributed by atoms with E-state index in [0.717, 1.165) is 31.6 Å². The summed E-state index contributed by atoms with van der Waals surface area (Å²) < 4.78 is 0.588. The number of hydrogen-bond donors (Lipinski definition) is 2. The van der Waals surface area contributed by atoms with Crippen LogP contribution < -0.4 is 5.32 Å². The lowest BCUT2D eigenvalue weighted by atomic mass is 10.0. The summed E-state index contributed by atoms with van der Waals surface area (Å²) in [7, 11) is 0. The number of nitrogens with one attached hydrogen (secondary N) is 1. The second-order valence-corrected chi connectivity index (χ2v) is 7.71. The minimum absolute atomic E-state index is 0.0500. The monoisotopic (exact) mass is 376 g/mol. The van der Waals surface area contributed by atoms with Crippen LogP contribution in [0.5, 0.6) is 0 Å². The fraction of sp³-hybridized carbons (Fsp3) is 0.500. The Labute approximate surface area is 160 Å². The van der Waals surface area contributed by atoms with Gasteiger partial charge in [-0.25, -0.2) is 0 Å². The number of nitrogens with zero attached hydrogens (tertiary/aromatic N) is 3. The van der Waals surface area contributed by atoms with Crippen LogP contribution >= 0.6 is 24.8 Å². The maximum atomic E-state index is 12.0. The van der Waals surface area contributed by atoms with Crippen LogP contribution in [0, 0.1) is 11.3 Å². The molecule has 1 atom stereocenters. The number of carbonyl (C=O) groups excluding carboxylic acids is 1. The maximum Gasteiger partial charge on any atom is 0.234 e. The lowest BCUT2D eigenvalue weighted by molar-refractivity contribution is -0.123. The first kappa shape index (κ1) is 19.7. The summed E-state index contributed by atoms with van der Waals surface area (Å²) in [6, 6.07) is 10.1. The van der Waals surface area contributed by atoms with Gasteiger partial charge in [-0.2, -0.15) is 5.26 Å². The van der Waals surface area contributed by atoms with E-state index in [9.17, 15) is 4.79 Å².